The van der Waals surface area contributed by atoms with Crippen molar-refractivity contribution < 1.29 is 28.5 Å². The smallest absolute Gasteiger partial charge is 0.192 e. The van der Waals surface area contributed by atoms with Gasteiger partial charge in [-0.1, -0.05) is 20.8 Å². The van der Waals surface area contributed by atoms with Crippen LogP contribution in [0.4, 0.5) is 0 Å². The molecule has 2 aliphatic carbocycles. The highest BCUT2D eigenvalue weighted by molar-refractivity contribution is 6.74. The highest BCUT2D eigenvalue weighted by atomic mass is 28.4. The maximum atomic E-state index is 12.2. The fourth-order valence-electron chi connectivity index (χ4n) is 5.96. The molecule has 1 heterocycles. The van der Waals surface area contributed by atoms with E-state index < -0.39 is 30.7 Å². The zero-order valence-electron chi connectivity index (χ0n) is 20.8. The van der Waals surface area contributed by atoms with Gasteiger partial charge in [0.2, 0.25) is 0 Å². The predicted octanol–water partition coefficient (Wildman–Crippen LogP) is 3.93. The SMILES string of the molecule is C#CC[C@]1(O)[C@H]2[C@H]([C@@H](OCOC)C[C@]2(C)O[Si](C)(C)C(C)(C)C)C12COC(C)(C)OC2. The predicted molar refractivity (Wildman–Crippen MR) is 122 cm³/mol. The average Bonchev–Trinajstić information content (AvgIpc) is 2.89. The lowest BCUT2D eigenvalue weighted by molar-refractivity contribution is -0.390. The lowest BCUT2D eigenvalue weighted by atomic mass is 9.42. The summed E-state index contributed by atoms with van der Waals surface area (Å²) in [6, 6.07) is 0. The molecule has 1 saturated heterocycles. The molecule has 5 atom stereocenters. The van der Waals surface area contributed by atoms with Crippen molar-refractivity contribution in [2.75, 3.05) is 27.1 Å². The summed E-state index contributed by atoms with van der Waals surface area (Å²) < 4.78 is 30.6. The van der Waals surface area contributed by atoms with Crippen LogP contribution < -0.4 is 0 Å². The molecule has 0 bridgehead atoms. The Labute approximate surface area is 189 Å². The van der Waals surface area contributed by atoms with E-state index in [1.807, 2.05) is 13.8 Å². The highest BCUT2D eigenvalue weighted by Crippen LogP contribution is 2.72. The van der Waals surface area contributed by atoms with Gasteiger partial charge in [-0.25, -0.2) is 0 Å². The summed E-state index contributed by atoms with van der Waals surface area (Å²) in [6.07, 6.45) is 6.55. The number of hydrogen-bond acceptors (Lipinski definition) is 6. The third-order valence-corrected chi connectivity index (χ3v) is 13.0. The Morgan fingerprint density at radius 3 is 2.23 bits per heavy atom. The Morgan fingerprint density at radius 2 is 1.74 bits per heavy atom. The Balaban J connectivity index is 2.02. The zero-order chi connectivity index (χ0) is 23.5. The summed E-state index contributed by atoms with van der Waals surface area (Å²) in [4.78, 5) is 0. The van der Waals surface area contributed by atoms with Crippen LogP contribution in [0, 0.1) is 29.6 Å². The fraction of sp³-hybridized carbons (Fsp3) is 0.917. The number of aliphatic hydroxyl groups is 1. The topological polar surface area (TPSA) is 66.4 Å². The van der Waals surface area contributed by atoms with E-state index >= 15 is 0 Å². The number of terminal acetylenes is 1. The molecule has 1 N–H and O–H groups in total. The molecule has 2 saturated carbocycles. The van der Waals surface area contributed by atoms with Crippen molar-refractivity contribution in [2.24, 2.45) is 17.3 Å². The van der Waals surface area contributed by atoms with Crippen molar-refractivity contribution in [1.29, 1.82) is 0 Å². The average molecular weight is 455 g/mol. The first kappa shape index (κ1) is 25.2. The van der Waals surface area contributed by atoms with E-state index in [2.05, 4.69) is 46.7 Å². The normalized spacial score (nSPS) is 39.1. The van der Waals surface area contributed by atoms with Crippen molar-refractivity contribution in [3.05, 3.63) is 0 Å². The molecular formula is C24H42O6Si. The minimum absolute atomic E-state index is 0.00636. The van der Waals surface area contributed by atoms with E-state index in [0.29, 0.717) is 19.6 Å². The lowest BCUT2D eigenvalue weighted by Crippen LogP contribution is -2.79. The van der Waals surface area contributed by atoms with Crippen molar-refractivity contribution in [1.82, 2.24) is 0 Å². The van der Waals surface area contributed by atoms with Gasteiger partial charge in [-0.15, -0.1) is 12.3 Å². The molecule has 0 amide bonds. The van der Waals surface area contributed by atoms with Gasteiger partial charge >= 0.3 is 0 Å². The van der Waals surface area contributed by atoms with Gasteiger partial charge in [0.15, 0.2) is 14.1 Å². The van der Waals surface area contributed by atoms with Crippen LogP contribution in [0.5, 0.6) is 0 Å². The highest BCUT2D eigenvalue weighted by Gasteiger charge is 2.81. The molecule has 3 rings (SSSR count). The third-order valence-electron chi connectivity index (χ3n) is 8.46. The first-order chi connectivity index (χ1) is 14.1. The summed E-state index contributed by atoms with van der Waals surface area (Å²) in [5.74, 6) is 1.89. The standard InChI is InChI=1S/C24H42O6Si/c1-11-12-24(25)19-18(23(24)14-28-21(5,6)29-15-23)17(27-16-26-8)13-22(19,7)30-31(9,10)20(2,3)4/h1,17-19,25H,12-16H2,2-10H3/t17-,18-,19-,22-,24-/m0/s1. The van der Waals surface area contributed by atoms with Gasteiger partial charge in [0.05, 0.1) is 35.9 Å². The number of ether oxygens (including phenoxy) is 4. The second-order valence-electron chi connectivity index (χ2n) is 11.9. The van der Waals surface area contributed by atoms with Crippen LogP contribution >= 0.6 is 0 Å². The van der Waals surface area contributed by atoms with E-state index in [1.54, 1.807) is 7.11 Å². The summed E-state index contributed by atoms with van der Waals surface area (Å²) >= 11 is 0. The molecule has 3 aliphatic rings. The van der Waals surface area contributed by atoms with Gasteiger partial charge in [0, 0.05) is 31.8 Å². The molecule has 178 valence electrons. The molecule has 3 fully saturated rings. The van der Waals surface area contributed by atoms with E-state index in [9.17, 15) is 5.11 Å². The van der Waals surface area contributed by atoms with Crippen molar-refractivity contribution in [3.63, 3.8) is 0 Å². The van der Waals surface area contributed by atoms with Gasteiger partial charge in [-0.3, -0.25) is 0 Å². The second-order valence-corrected chi connectivity index (χ2v) is 16.7. The van der Waals surface area contributed by atoms with Gasteiger partial charge in [-0.2, -0.15) is 0 Å². The van der Waals surface area contributed by atoms with E-state index in [1.165, 1.54) is 0 Å². The Morgan fingerprint density at radius 1 is 1.16 bits per heavy atom. The number of hydrogen-bond donors (Lipinski definition) is 1. The van der Waals surface area contributed by atoms with Crippen LogP contribution in [0.2, 0.25) is 18.1 Å². The van der Waals surface area contributed by atoms with Gasteiger partial charge < -0.3 is 28.5 Å². The van der Waals surface area contributed by atoms with Crippen LogP contribution in [0.3, 0.4) is 0 Å². The van der Waals surface area contributed by atoms with E-state index in [-0.39, 0.29) is 36.2 Å². The lowest BCUT2D eigenvalue weighted by Gasteiger charge is -2.69. The molecular weight excluding hydrogens is 412 g/mol. The number of fused-ring (bicyclic) bond motifs is 2. The first-order valence-electron chi connectivity index (χ1n) is 11.3. The van der Waals surface area contributed by atoms with Crippen LogP contribution in [-0.2, 0) is 23.4 Å². The molecule has 0 radical (unpaired) electrons. The molecule has 0 aromatic heterocycles. The molecule has 1 spiro atoms. The zero-order valence-corrected chi connectivity index (χ0v) is 21.8. The maximum absolute atomic E-state index is 12.2. The minimum atomic E-state index is -2.12. The molecule has 0 aromatic carbocycles. The summed E-state index contributed by atoms with van der Waals surface area (Å²) in [7, 11) is -0.499. The monoisotopic (exact) mass is 454 g/mol. The minimum Gasteiger partial charge on any atom is -0.411 e. The first-order valence-corrected chi connectivity index (χ1v) is 14.2. The third kappa shape index (κ3) is 3.82. The molecule has 0 unspecified atom stereocenters. The Bertz CT molecular complexity index is 713. The van der Waals surface area contributed by atoms with Crippen LogP contribution in [0.25, 0.3) is 0 Å². The molecule has 0 aromatic rings. The quantitative estimate of drug-likeness (QED) is 0.373. The van der Waals surface area contributed by atoms with E-state index in [0.717, 1.165) is 0 Å². The molecule has 7 heteroatoms. The summed E-state index contributed by atoms with van der Waals surface area (Å²) in [5.41, 5.74) is -2.34. The Hall–Kier alpha value is -0.463. The molecule has 31 heavy (non-hydrogen) atoms. The molecule has 1 aliphatic heterocycles. The summed E-state index contributed by atoms with van der Waals surface area (Å²) in [5, 5.41) is 12.2. The van der Waals surface area contributed by atoms with Gasteiger partial charge in [-0.05, 0) is 38.9 Å². The number of rotatable bonds is 6. The Kier molecular flexibility index (Phi) is 6.33. The van der Waals surface area contributed by atoms with Crippen molar-refractivity contribution in [2.45, 2.75) is 95.6 Å². The fourth-order valence-corrected chi connectivity index (χ4v) is 7.64. The van der Waals surface area contributed by atoms with Gasteiger partial charge in [0.25, 0.3) is 0 Å². The van der Waals surface area contributed by atoms with Crippen molar-refractivity contribution in [3.8, 4) is 12.3 Å². The molecule has 6 nitrogen and oxygen atoms in total. The van der Waals surface area contributed by atoms with Crippen LogP contribution in [0.1, 0.15) is 54.4 Å². The second kappa shape index (κ2) is 7.80. The van der Waals surface area contributed by atoms with Gasteiger partial charge in [0.1, 0.15) is 6.79 Å². The largest absolute Gasteiger partial charge is 0.411 e. The van der Waals surface area contributed by atoms with E-state index in [4.69, 9.17) is 29.8 Å². The summed E-state index contributed by atoms with van der Waals surface area (Å²) in [6.45, 7) is 18.1. The maximum Gasteiger partial charge on any atom is 0.192 e. The van der Waals surface area contributed by atoms with Crippen LogP contribution in [0.15, 0.2) is 0 Å². The van der Waals surface area contributed by atoms with Crippen molar-refractivity contribution >= 4 is 8.32 Å². The van der Waals surface area contributed by atoms with Crippen LogP contribution in [-0.4, -0.2) is 63.6 Å². The number of methoxy groups -OCH3 is 1.